The number of anilines is 1. The average Bonchev–Trinajstić information content (AvgIpc) is 3.36. The lowest BCUT2D eigenvalue weighted by Gasteiger charge is -2.37. The molecule has 10 nitrogen and oxygen atoms in total. The van der Waals surface area contributed by atoms with E-state index in [2.05, 4.69) is 19.7 Å². The summed E-state index contributed by atoms with van der Waals surface area (Å²) in [7, 11) is -2.08. The zero-order valence-electron chi connectivity index (χ0n) is 17.0. The van der Waals surface area contributed by atoms with Gasteiger partial charge in [0.15, 0.2) is 0 Å². The summed E-state index contributed by atoms with van der Waals surface area (Å²) in [5, 5.41) is 14.8. The number of aromatic nitrogens is 4. The zero-order chi connectivity index (χ0) is 21.3. The largest absolute Gasteiger partial charge is 0.391 e. The molecule has 4 rings (SSSR count). The highest BCUT2D eigenvalue weighted by Crippen LogP contribution is 2.29. The van der Waals surface area contributed by atoms with Gasteiger partial charge in [0.2, 0.25) is 5.16 Å². The second-order valence-corrected chi connectivity index (χ2v) is 9.72. The number of sulfonamides is 1. The van der Waals surface area contributed by atoms with Crippen molar-refractivity contribution in [3.63, 3.8) is 0 Å². The Labute approximate surface area is 175 Å². The first-order valence-electron chi connectivity index (χ1n) is 10.4. The molecule has 1 saturated carbocycles. The lowest BCUT2D eigenvalue weighted by molar-refractivity contribution is 0.127. The Morgan fingerprint density at radius 1 is 1.20 bits per heavy atom. The fourth-order valence-electron chi connectivity index (χ4n) is 4.41. The van der Waals surface area contributed by atoms with Gasteiger partial charge in [0.25, 0.3) is 15.6 Å². The minimum atomic E-state index is -3.72. The van der Waals surface area contributed by atoms with Gasteiger partial charge in [-0.3, -0.25) is 4.79 Å². The average molecular weight is 437 g/mol. The predicted molar refractivity (Wildman–Crippen MR) is 111 cm³/mol. The molecule has 164 valence electrons. The Balaban J connectivity index is 1.54. The maximum absolute atomic E-state index is 12.6. The van der Waals surface area contributed by atoms with Gasteiger partial charge in [0.05, 0.1) is 12.1 Å². The van der Waals surface area contributed by atoms with Gasteiger partial charge in [0, 0.05) is 44.6 Å². The van der Waals surface area contributed by atoms with Crippen LogP contribution in [-0.4, -0.2) is 58.1 Å². The zero-order valence-corrected chi connectivity index (χ0v) is 17.8. The SMILES string of the molecule is Cn1ccnc1S(=O)(=O)NCC1CCCCN1c1ccc(=O)n(C2CCCC2O)n1. The fourth-order valence-corrected chi connectivity index (χ4v) is 5.59. The van der Waals surface area contributed by atoms with Gasteiger partial charge in [-0.25, -0.2) is 22.8 Å². The number of hydrogen-bond acceptors (Lipinski definition) is 7. The van der Waals surface area contributed by atoms with Crippen molar-refractivity contribution in [1.82, 2.24) is 24.1 Å². The van der Waals surface area contributed by atoms with E-state index in [9.17, 15) is 18.3 Å². The predicted octanol–water partition coefficient (Wildman–Crippen LogP) is 0.400. The van der Waals surface area contributed by atoms with Crippen LogP contribution in [0.5, 0.6) is 0 Å². The van der Waals surface area contributed by atoms with E-state index in [0.29, 0.717) is 12.2 Å². The lowest BCUT2D eigenvalue weighted by Crippen LogP contribution is -2.48. The number of aliphatic hydroxyl groups is 1. The minimum absolute atomic E-state index is 0.0215. The highest BCUT2D eigenvalue weighted by molar-refractivity contribution is 7.89. The van der Waals surface area contributed by atoms with Crippen molar-refractivity contribution in [2.24, 2.45) is 7.05 Å². The molecule has 3 atom stereocenters. The smallest absolute Gasteiger partial charge is 0.274 e. The number of aryl methyl sites for hydroxylation is 1. The van der Waals surface area contributed by atoms with Crippen LogP contribution in [0.2, 0.25) is 0 Å². The summed E-state index contributed by atoms with van der Waals surface area (Å²) >= 11 is 0. The molecule has 2 aromatic heterocycles. The van der Waals surface area contributed by atoms with Crippen LogP contribution in [0.1, 0.15) is 44.6 Å². The summed E-state index contributed by atoms with van der Waals surface area (Å²) in [6, 6.07) is 2.78. The highest BCUT2D eigenvalue weighted by Gasteiger charge is 2.31. The fraction of sp³-hybridized carbons (Fsp3) is 0.632. The molecule has 2 fully saturated rings. The van der Waals surface area contributed by atoms with Crippen molar-refractivity contribution in [2.45, 2.75) is 61.9 Å². The van der Waals surface area contributed by atoms with Crippen LogP contribution in [0.4, 0.5) is 5.82 Å². The third-order valence-electron chi connectivity index (χ3n) is 6.02. The third kappa shape index (κ3) is 4.14. The molecule has 0 bridgehead atoms. The highest BCUT2D eigenvalue weighted by atomic mass is 32.2. The molecule has 0 amide bonds. The van der Waals surface area contributed by atoms with E-state index in [-0.39, 0.29) is 29.3 Å². The Morgan fingerprint density at radius 2 is 2.03 bits per heavy atom. The van der Waals surface area contributed by atoms with Crippen LogP contribution in [0.3, 0.4) is 0 Å². The molecule has 2 N–H and O–H groups in total. The number of aliphatic hydroxyl groups excluding tert-OH is 1. The standard InChI is InChI=1S/C19H28N6O4S/c1-23-12-10-20-19(23)30(28,29)21-13-14-5-2-3-11-24(14)17-8-9-18(27)25(22-17)15-6-4-7-16(15)26/h8-10,12,14-16,21,26H,2-7,11,13H2,1H3. The van der Waals surface area contributed by atoms with Crippen LogP contribution in [0.15, 0.2) is 34.5 Å². The Morgan fingerprint density at radius 3 is 2.73 bits per heavy atom. The number of imidazole rings is 1. The Kier molecular flexibility index (Phi) is 5.94. The maximum atomic E-state index is 12.6. The van der Waals surface area contributed by atoms with E-state index in [1.54, 1.807) is 19.3 Å². The second-order valence-electron chi connectivity index (χ2n) is 8.06. The van der Waals surface area contributed by atoms with Gasteiger partial charge in [-0.1, -0.05) is 0 Å². The van der Waals surface area contributed by atoms with E-state index in [0.717, 1.165) is 38.6 Å². The van der Waals surface area contributed by atoms with Crippen molar-refractivity contribution >= 4 is 15.8 Å². The minimum Gasteiger partial charge on any atom is -0.391 e. The molecule has 1 aliphatic carbocycles. The first-order chi connectivity index (χ1) is 14.4. The van der Waals surface area contributed by atoms with E-state index in [1.165, 1.54) is 21.5 Å². The molecule has 0 aromatic carbocycles. The molecule has 0 radical (unpaired) electrons. The summed E-state index contributed by atoms with van der Waals surface area (Å²) < 4.78 is 30.7. The van der Waals surface area contributed by atoms with Gasteiger partial charge in [-0.05, 0) is 44.6 Å². The van der Waals surface area contributed by atoms with Crippen molar-refractivity contribution < 1.29 is 13.5 Å². The Bertz CT molecular complexity index is 1050. The van der Waals surface area contributed by atoms with E-state index in [4.69, 9.17) is 0 Å². The summed E-state index contributed by atoms with van der Waals surface area (Å²) in [5.74, 6) is 0.634. The second kappa shape index (κ2) is 8.48. The molecule has 3 unspecified atom stereocenters. The molecule has 3 heterocycles. The van der Waals surface area contributed by atoms with Crippen LogP contribution in [0.25, 0.3) is 0 Å². The molecular weight excluding hydrogens is 408 g/mol. The van der Waals surface area contributed by atoms with Crippen LogP contribution in [0, 0.1) is 0 Å². The third-order valence-corrected chi connectivity index (χ3v) is 7.44. The van der Waals surface area contributed by atoms with Crippen LogP contribution < -0.4 is 15.2 Å². The molecule has 30 heavy (non-hydrogen) atoms. The van der Waals surface area contributed by atoms with Crippen molar-refractivity contribution in [3.8, 4) is 0 Å². The van der Waals surface area contributed by atoms with E-state index < -0.39 is 16.1 Å². The molecule has 2 aliphatic rings. The maximum Gasteiger partial charge on any atom is 0.274 e. The van der Waals surface area contributed by atoms with E-state index in [1.807, 2.05) is 0 Å². The topological polar surface area (TPSA) is 122 Å². The first kappa shape index (κ1) is 21.0. The van der Waals surface area contributed by atoms with Crippen molar-refractivity contribution in [2.75, 3.05) is 18.0 Å². The van der Waals surface area contributed by atoms with Gasteiger partial charge in [-0.15, -0.1) is 0 Å². The first-order valence-corrected chi connectivity index (χ1v) is 11.9. The molecular formula is C19H28N6O4S. The Hall–Kier alpha value is -2.24. The van der Waals surface area contributed by atoms with Gasteiger partial charge in [-0.2, -0.15) is 5.10 Å². The molecule has 1 saturated heterocycles. The number of nitrogens with one attached hydrogen (secondary N) is 1. The van der Waals surface area contributed by atoms with Crippen molar-refractivity contribution in [3.05, 3.63) is 34.9 Å². The van der Waals surface area contributed by atoms with Gasteiger partial charge in [0.1, 0.15) is 5.82 Å². The summed E-state index contributed by atoms with van der Waals surface area (Å²) in [6.45, 7) is 0.954. The summed E-state index contributed by atoms with van der Waals surface area (Å²) in [5.41, 5.74) is -0.228. The number of nitrogens with zero attached hydrogens (tertiary/aromatic N) is 5. The molecule has 1 aliphatic heterocycles. The van der Waals surface area contributed by atoms with E-state index >= 15 is 0 Å². The van der Waals surface area contributed by atoms with Gasteiger partial charge >= 0.3 is 0 Å². The van der Waals surface area contributed by atoms with Gasteiger partial charge < -0.3 is 14.6 Å². The number of rotatable bonds is 6. The lowest BCUT2D eigenvalue weighted by atomic mass is 10.0. The monoisotopic (exact) mass is 436 g/mol. The van der Waals surface area contributed by atoms with Crippen LogP contribution >= 0.6 is 0 Å². The molecule has 2 aromatic rings. The van der Waals surface area contributed by atoms with Crippen LogP contribution in [-0.2, 0) is 17.1 Å². The summed E-state index contributed by atoms with van der Waals surface area (Å²) in [4.78, 5) is 18.3. The summed E-state index contributed by atoms with van der Waals surface area (Å²) in [6.07, 6.45) is 7.52. The number of piperidine rings is 1. The molecule has 0 spiro atoms. The number of hydrogen-bond donors (Lipinski definition) is 2. The van der Waals surface area contributed by atoms with Crippen molar-refractivity contribution in [1.29, 1.82) is 0 Å². The quantitative estimate of drug-likeness (QED) is 0.672. The molecule has 11 heteroatoms. The normalized spacial score (nSPS) is 25.0.